The molecule has 0 aromatic heterocycles. The Kier molecular flexibility index (Phi) is 4.15. The largest absolute Gasteiger partial charge is 0.376 e. The minimum absolute atomic E-state index is 0.120. The average molecular weight is 247 g/mol. The highest BCUT2D eigenvalue weighted by molar-refractivity contribution is 5.93. The number of nitrogens with zero attached hydrogens (tertiary/aromatic N) is 1. The van der Waals surface area contributed by atoms with Gasteiger partial charge in [-0.1, -0.05) is 24.3 Å². The fourth-order valence-corrected chi connectivity index (χ4v) is 2.27. The third-order valence-corrected chi connectivity index (χ3v) is 3.48. The highest BCUT2D eigenvalue weighted by atomic mass is 16.5. The van der Waals surface area contributed by atoms with E-state index in [2.05, 4.69) is 18.7 Å². The Morgan fingerprint density at radius 2 is 2.00 bits per heavy atom. The zero-order chi connectivity index (χ0) is 13.1. The molecule has 1 saturated heterocycles. The summed E-state index contributed by atoms with van der Waals surface area (Å²) in [4.78, 5) is 13.6. The van der Waals surface area contributed by atoms with Gasteiger partial charge in [-0.05, 0) is 26.3 Å². The van der Waals surface area contributed by atoms with Gasteiger partial charge in [-0.25, -0.2) is 0 Å². The van der Waals surface area contributed by atoms with Gasteiger partial charge in [0.05, 0.1) is 12.7 Å². The van der Waals surface area contributed by atoms with E-state index in [9.17, 15) is 4.79 Å². The molecule has 3 nitrogen and oxygen atoms in total. The molecule has 18 heavy (non-hydrogen) atoms. The van der Waals surface area contributed by atoms with E-state index in [4.69, 9.17) is 4.74 Å². The minimum Gasteiger partial charge on any atom is -0.376 e. The first-order valence-corrected chi connectivity index (χ1v) is 6.52. The van der Waals surface area contributed by atoms with E-state index in [1.807, 2.05) is 24.3 Å². The van der Waals surface area contributed by atoms with Crippen LogP contribution in [0.15, 0.2) is 24.3 Å². The van der Waals surface area contributed by atoms with Crippen molar-refractivity contribution in [3.05, 3.63) is 35.4 Å². The zero-order valence-corrected chi connectivity index (χ0v) is 11.3. The Labute approximate surface area is 109 Å². The van der Waals surface area contributed by atoms with Crippen molar-refractivity contribution in [2.75, 3.05) is 13.2 Å². The number of Topliss-reactive ketones (excluding diaryl/α,β-unsaturated/α-hetero) is 1. The topological polar surface area (TPSA) is 29.5 Å². The molecule has 3 heteroatoms. The molecule has 0 radical (unpaired) electrons. The number of carbonyl (C=O) groups excluding carboxylic acids is 1. The predicted molar refractivity (Wildman–Crippen MR) is 71.7 cm³/mol. The molecule has 1 fully saturated rings. The normalized spacial score (nSPS) is 25.1. The molecule has 1 aromatic rings. The Bertz CT molecular complexity index is 413. The van der Waals surface area contributed by atoms with Gasteiger partial charge in [-0.15, -0.1) is 0 Å². The fourth-order valence-electron chi connectivity index (χ4n) is 2.27. The first kappa shape index (κ1) is 13.2. The Morgan fingerprint density at radius 3 is 2.61 bits per heavy atom. The molecular weight excluding hydrogens is 226 g/mol. The molecule has 0 amide bonds. The maximum Gasteiger partial charge on any atom is 0.159 e. The second kappa shape index (κ2) is 5.63. The van der Waals surface area contributed by atoms with Gasteiger partial charge in [-0.2, -0.15) is 0 Å². The number of benzene rings is 1. The summed E-state index contributed by atoms with van der Waals surface area (Å²) in [6.07, 6.45) is 0.303. The number of morpholine rings is 1. The molecule has 0 aliphatic carbocycles. The van der Waals surface area contributed by atoms with Crippen LogP contribution in [0.2, 0.25) is 0 Å². The summed E-state index contributed by atoms with van der Waals surface area (Å²) in [7, 11) is 0. The van der Waals surface area contributed by atoms with E-state index < -0.39 is 0 Å². The van der Waals surface area contributed by atoms with Crippen molar-refractivity contribution in [1.82, 2.24) is 4.90 Å². The van der Waals surface area contributed by atoms with Gasteiger partial charge in [0.1, 0.15) is 0 Å². The Balaban J connectivity index is 2.02. The average Bonchev–Trinajstić information content (AvgIpc) is 2.34. The zero-order valence-electron chi connectivity index (χ0n) is 11.3. The van der Waals surface area contributed by atoms with Gasteiger partial charge in [0.15, 0.2) is 5.78 Å². The van der Waals surface area contributed by atoms with Gasteiger partial charge < -0.3 is 4.74 Å². The highest BCUT2D eigenvalue weighted by Crippen LogP contribution is 2.15. The third-order valence-electron chi connectivity index (χ3n) is 3.48. The van der Waals surface area contributed by atoms with Crippen molar-refractivity contribution in [2.45, 2.75) is 39.5 Å². The Morgan fingerprint density at radius 1 is 1.33 bits per heavy atom. The van der Waals surface area contributed by atoms with Gasteiger partial charge in [0, 0.05) is 24.7 Å². The van der Waals surface area contributed by atoms with Crippen LogP contribution in [0, 0.1) is 0 Å². The third kappa shape index (κ3) is 3.18. The van der Waals surface area contributed by atoms with E-state index in [-0.39, 0.29) is 5.78 Å². The summed E-state index contributed by atoms with van der Waals surface area (Å²) in [5.74, 6) is 0.120. The lowest BCUT2D eigenvalue weighted by atomic mass is 10.1. The molecule has 2 unspecified atom stereocenters. The van der Waals surface area contributed by atoms with E-state index >= 15 is 0 Å². The van der Waals surface area contributed by atoms with Gasteiger partial charge in [0.25, 0.3) is 0 Å². The van der Waals surface area contributed by atoms with Crippen LogP contribution in [0.1, 0.15) is 36.7 Å². The standard InChI is InChI=1S/C15H21NO2/c1-11-10-18-12(2)8-16(11)9-14-4-6-15(7-5-14)13(3)17/h4-7,11-12H,8-10H2,1-3H3. The van der Waals surface area contributed by atoms with Crippen LogP contribution in [0.5, 0.6) is 0 Å². The first-order chi connectivity index (χ1) is 8.56. The van der Waals surface area contributed by atoms with Crippen LogP contribution in [0.3, 0.4) is 0 Å². The van der Waals surface area contributed by atoms with Gasteiger partial charge >= 0.3 is 0 Å². The second-order valence-corrected chi connectivity index (χ2v) is 5.18. The van der Waals surface area contributed by atoms with Crippen molar-refractivity contribution in [1.29, 1.82) is 0 Å². The lowest BCUT2D eigenvalue weighted by molar-refractivity contribution is -0.0526. The first-order valence-electron chi connectivity index (χ1n) is 6.52. The summed E-state index contributed by atoms with van der Waals surface area (Å²) in [5.41, 5.74) is 2.03. The summed E-state index contributed by atoms with van der Waals surface area (Å²) in [5, 5.41) is 0. The van der Waals surface area contributed by atoms with Crippen LogP contribution in [0.25, 0.3) is 0 Å². The van der Waals surface area contributed by atoms with Gasteiger partial charge in [-0.3, -0.25) is 9.69 Å². The fraction of sp³-hybridized carbons (Fsp3) is 0.533. The summed E-state index contributed by atoms with van der Waals surface area (Å²) < 4.78 is 5.62. The Hall–Kier alpha value is -1.19. The van der Waals surface area contributed by atoms with E-state index in [1.165, 1.54) is 5.56 Å². The van der Waals surface area contributed by atoms with Crippen LogP contribution < -0.4 is 0 Å². The number of hydrogen-bond donors (Lipinski definition) is 0. The van der Waals surface area contributed by atoms with E-state index in [0.29, 0.717) is 12.1 Å². The molecule has 0 N–H and O–H groups in total. The second-order valence-electron chi connectivity index (χ2n) is 5.18. The molecule has 1 aliphatic rings. The van der Waals surface area contributed by atoms with Crippen LogP contribution in [-0.2, 0) is 11.3 Å². The van der Waals surface area contributed by atoms with Crippen molar-refractivity contribution in [3.8, 4) is 0 Å². The highest BCUT2D eigenvalue weighted by Gasteiger charge is 2.23. The van der Waals surface area contributed by atoms with Crippen LogP contribution in [0.4, 0.5) is 0 Å². The number of ketones is 1. The number of carbonyl (C=O) groups is 1. The molecule has 0 spiro atoms. The molecule has 0 saturated carbocycles. The predicted octanol–water partition coefficient (Wildman–Crippen LogP) is 2.50. The smallest absolute Gasteiger partial charge is 0.159 e. The lowest BCUT2D eigenvalue weighted by Crippen LogP contribution is -2.46. The molecule has 98 valence electrons. The molecule has 0 bridgehead atoms. The van der Waals surface area contributed by atoms with Crippen molar-refractivity contribution >= 4 is 5.78 Å². The quantitative estimate of drug-likeness (QED) is 0.769. The van der Waals surface area contributed by atoms with Crippen LogP contribution >= 0.6 is 0 Å². The van der Waals surface area contributed by atoms with E-state index in [0.717, 1.165) is 25.3 Å². The summed E-state index contributed by atoms with van der Waals surface area (Å²) in [6, 6.07) is 8.36. The number of ether oxygens (including phenoxy) is 1. The van der Waals surface area contributed by atoms with Crippen molar-refractivity contribution < 1.29 is 9.53 Å². The molecule has 1 aliphatic heterocycles. The summed E-state index contributed by atoms with van der Waals surface area (Å²) >= 11 is 0. The SMILES string of the molecule is CC(=O)c1ccc(CN2CC(C)OCC2C)cc1. The molecule has 2 atom stereocenters. The molecule has 1 aromatic carbocycles. The summed E-state index contributed by atoms with van der Waals surface area (Å²) in [6.45, 7) is 8.59. The van der Waals surface area contributed by atoms with Crippen molar-refractivity contribution in [3.63, 3.8) is 0 Å². The molecular formula is C15H21NO2. The number of hydrogen-bond acceptors (Lipinski definition) is 3. The lowest BCUT2D eigenvalue weighted by Gasteiger charge is -2.36. The minimum atomic E-state index is 0.120. The van der Waals surface area contributed by atoms with E-state index in [1.54, 1.807) is 6.92 Å². The van der Waals surface area contributed by atoms with Gasteiger partial charge in [0.2, 0.25) is 0 Å². The van der Waals surface area contributed by atoms with Crippen LogP contribution in [-0.4, -0.2) is 36.0 Å². The molecule has 2 rings (SSSR count). The maximum atomic E-state index is 11.2. The number of rotatable bonds is 3. The van der Waals surface area contributed by atoms with Crippen molar-refractivity contribution in [2.24, 2.45) is 0 Å². The maximum absolute atomic E-state index is 11.2. The molecule has 1 heterocycles. The monoisotopic (exact) mass is 247 g/mol.